The lowest BCUT2D eigenvalue weighted by molar-refractivity contribution is -0.131. The van der Waals surface area contributed by atoms with Crippen LogP contribution in [-0.4, -0.2) is 27.7 Å². The normalized spacial score (nSPS) is 31.3. The molecule has 0 radical (unpaired) electrons. The van der Waals surface area contributed by atoms with Gasteiger partial charge in [-0.15, -0.1) is 11.3 Å². The van der Waals surface area contributed by atoms with Crippen molar-refractivity contribution in [2.75, 3.05) is 6.54 Å². The Morgan fingerprint density at radius 1 is 1.11 bits per heavy atom. The third-order valence-electron chi connectivity index (χ3n) is 6.76. The summed E-state index contributed by atoms with van der Waals surface area (Å²) in [4.78, 5) is 29.9. The Kier molecular flexibility index (Phi) is 4.22. The van der Waals surface area contributed by atoms with Crippen LogP contribution in [0.2, 0.25) is 0 Å². The fourth-order valence-electron chi connectivity index (χ4n) is 6.20. The second-order valence-corrected chi connectivity index (χ2v) is 9.85. The average molecular weight is 387 g/mol. The van der Waals surface area contributed by atoms with Crippen LogP contribution in [0.5, 0.6) is 0 Å². The van der Waals surface area contributed by atoms with Gasteiger partial charge in [0, 0.05) is 24.2 Å². The van der Waals surface area contributed by atoms with Gasteiger partial charge >= 0.3 is 0 Å². The number of nitrogens with zero attached hydrogens (tertiary/aromatic N) is 2. The molecule has 2 aromatic rings. The summed E-state index contributed by atoms with van der Waals surface area (Å²) in [5.74, 6) is 2.41. The van der Waals surface area contributed by atoms with Crippen molar-refractivity contribution < 1.29 is 9.59 Å². The summed E-state index contributed by atoms with van der Waals surface area (Å²) in [5.41, 5.74) is 1.05. The zero-order valence-corrected chi connectivity index (χ0v) is 16.3. The van der Waals surface area contributed by atoms with Gasteiger partial charge in [-0.2, -0.15) is 0 Å². The number of hydrogen-bond acceptors (Lipinski definition) is 4. The number of amides is 2. The highest BCUT2D eigenvalue weighted by molar-refractivity contribution is 7.15. The van der Waals surface area contributed by atoms with Gasteiger partial charge in [-0.05, 0) is 61.7 Å². The molecule has 6 rings (SSSR count). The third-order valence-corrected chi connectivity index (χ3v) is 7.53. The first-order chi connectivity index (χ1) is 13.1. The summed E-state index contributed by atoms with van der Waals surface area (Å²) < 4.78 is 1.94. The van der Waals surface area contributed by atoms with E-state index < -0.39 is 0 Å². The van der Waals surface area contributed by atoms with Crippen LogP contribution in [0.3, 0.4) is 0 Å². The maximum Gasteiger partial charge on any atom is 0.239 e. The molecule has 6 nitrogen and oxygen atoms in total. The number of thiazole rings is 1. The predicted octanol–water partition coefficient (Wildman–Crippen LogP) is 2.73. The molecule has 144 valence electrons. The van der Waals surface area contributed by atoms with Crippen molar-refractivity contribution >= 4 is 28.1 Å². The molecule has 4 saturated carbocycles. The summed E-state index contributed by atoms with van der Waals surface area (Å²) in [7, 11) is 0. The lowest BCUT2D eigenvalue weighted by atomic mass is 9.49. The lowest BCUT2D eigenvalue weighted by Gasteiger charge is -2.56. The molecule has 2 amide bonds. The van der Waals surface area contributed by atoms with Crippen LogP contribution in [0.4, 0.5) is 0 Å². The number of hydrogen-bond donors (Lipinski definition) is 2. The van der Waals surface area contributed by atoms with E-state index in [1.807, 2.05) is 22.2 Å². The number of imidazole rings is 1. The monoisotopic (exact) mass is 386 g/mol. The van der Waals surface area contributed by atoms with Crippen molar-refractivity contribution in [3.63, 3.8) is 0 Å². The molecule has 27 heavy (non-hydrogen) atoms. The van der Waals surface area contributed by atoms with E-state index in [0.717, 1.165) is 28.4 Å². The van der Waals surface area contributed by atoms with Gasteiger partial charge in [-0.1, -0.05) is 0 Å². The summed E-state index contributed by atoms with van der Waals surface area (Å²) in [5, 5.41) is 7.66. The van der Waals surface area contributed by atoms with Crippen molar-refractivity contribution in [1.82, 2.24) is 20.0 Å². The summed E-state index contributed by atoms with van der Waals surface area (Å²) >= 11 is 1.56. The van der Waals surface area contributed by atoms with Crippen LogP contribution in [0, 0.1) is 23.2 Å². The van der Waals surface area contributed by atoms with Gasteiger partial charge in [0.15, 0.2) is 4.96 Å². The lowest BCUT2D eigenvalue weighted by Crippen LogP contribution is -2.48. The Labute approximate surface area is 162 Å². The van der Waals surface area contributed by atoms with Gasteiger partial charge in [-0.25, -0.2) is 4.98 Å². The van der Waals surface area contributed by atoms with Crippen molar-refractivity contribution in [3.05, 3.63) is 23.5 Å². The van der Waals surface area contributed by atoms with E-state index >= 15 is 0 Å². The fourth-order valence-corrected chi connectivity index (χ4v) is 6.92. The van der Waals surface area contributed by atoms with Crippen molar-refractivity contribution in [2.24, 2.45) is 23.2 Å². The Bertz CT molecular complexity index is 807. The standard InChI is InChI=1S/C20H26N4O2S/c25-17(9-20-6-13-3-14(7-20)5-15(4-13)8-20)22-11-18(26)21-10-16-12-24-1-2-27-19(24)23-16/h1-2,12-15H,3-11H2,(H,21,26)(H,22,25). The molecule has 4 bridgehead atoms. The fraction of sp³-hybridized carbons (Fsp3) is 0.650. The van der Waals surface area contributed by atoms with Gasteiger partial charge in [0.2, 0.25) is 11.8 Å². The quantitative estimate of drug-likeness (QED) is 0.802. The van der Waals surface area contributed by atoms with E-state index in [1.54, 1.807) is 11.3 Å². The Balaban J connectivity index is 1.09. The van der Waals surface area contributed by atoms with E-state index in [9.17, 15) is 9.59 Å². The number of fused-ring (bicyclic) bond motifs is 1. The first kappa shape index (κ1) is 17.2. The zero-order valence-electron chi connectivity index (χ0n) is 15.4. The highest BCUT2D eigenvalue weighted by atomic mass is 32.1. The minimum absolute atomic E-state index is 0.0367. The van der Waals surface area contributed by atoms with Crippen molar-refractivity contribution in [1.29, 1.82) is 0 Å². The van der Waals surface area contributed by atoms with Gasteiger partial charge in [0.05, 0.1) is 18.8 Å². The molecule has 0 spiro atoms. The number of nitrogens with one attached hydrogen (secondary N) is 2. The first-order valence-corrected chi connectivity index (χ1v) is 10.9. The highest BCUT2D eigenvalue weighted by Crippen LogP contribution is 2.61. The van der Waals surface area contributed by atoms with E-state index in [-0.39, 0.29) is 23.8 Å². The predicted molar refractivity (Wildman–Crippen MR) is 103 cm³/mol. The molecule has 7 heteroatoms. The topological polar surface area (TPSA) is 75.5 Å². The molecule has 0 saturated heterocycles. The van der Waals surface area contributed by atoms with Gasteiger partial charge in [0.25, 0.3) is 0 Å². The van der Waals surface area contributed by atoms with E-state index in [4.69, 9.17) is 0 Å². The summed E-state index contributed by atoms with van der Waals surface area (Å²) in [6.07, 6.45) is 12.3. The minimum Gasteiger partial charge on any atom is -0.349 e. The summed E-state index contributed by atoms with van der Waals surface area (Å²) in [6, 6.07) is 0. The highest BCUT2D eigenvalue weighted by Gasteiger charge is 2.51. The molecule has 0 aromatic carbocycles. The van der Waals surface area contributed by atoms with Gasteiger partial charge < -0.3 is 10.6 Å². The third kappa shape index (κ3) is 3.49. The molecule has 2 N–H and O–H groups in total. The molecule has 4 fully saturated rings. The average Bonchev–Trinajstić information content (AvgIpc) is 3.18. The Hall–Kier alpha value is -1.89. The molecule has 0 atom stereocenters. The molecule has 4 aliphatic rings. The SMILES string of the molecule is O=C(CNC(=O)CC12CC3CC(CC(C3)C1)C2)NCc1cn2ccsc2n1. The first-order valence-electron chi connectivity index (χ1n) is 10.0. The van der Waals surface area contributed by atoms with Crippen LogP contribution in [0.15, 0.2) is 17.8 Å². The van der Waals surface area contributed by atoms with Crippen molar-refractivity contribution in [3.8, 4) is 0 Å². The minimum atomic E-state index is -0.162. The van der Waals surface area contributed by atoms with Crippen LogP contribution >= 0.6 is 11.3 Å². The van der Waals surface area contributed by atoms with Crippen LogP contribution < -0.4 is 10.6 Å². The molecular formula is C20H26N4O2S. The number of carbonyl (C=O) groups excluding carboxylic acids is 2. The molecule has 0 unspecified atom stereocenters. The van der Waals surface area contributed by atoms with Crippen LogP contribution in [-0.2, 0) is 16.1 Å². The zero-order chi connectivity index (χ0) is 18.4. The smallest absolute Gasteiger partial charge is 0.239 e. The van der Waals surface area contributed by atoms with E-state index in [0.29, 0.717) is 13.0 Å². The van der Waals surface area contributed by atoms with Crippen LogP contribution in [0.1, 0.15) is 50.6 Å². The Morgan fingerprint density at radius 3 is 2.48 bits per heavy atom. The maximum absolute atomic E-state index is 12.5. The van der Waals surface area contributed by atoms with Crippen molar-refractivity contribution in [2.45, 2.75) is 51.5 Å². The molecule has 2 aromatic heterocycles. The van der Waals surface area contributed by atoms with E-state index in [2.05, 4.69) is 15.6 Å². The van der Waals surface area contributed by atoms with E-state index in [1.165, 1.54) is 38.5 Å². The second kappa shape index (κ2) is 6.62. The number of carbonyl (C=O) groups is 2. The second-order valence-electron chi connectivity index (χ2n) is 8.97. The largest absolute Gasteiger partial charge is 0.349 e. The van der Waals surface area contributed by atoms with Crippen LogP contribution in [0.25, 0.3) is 4.96 Å². The number of rotatable bonds is 6. The molecule has 2 heterocycles. The maximum atomic E-state index is 12.5. The Morgan fingerprint density at radius 2 is 1.81 bits per heavy atom. The number of aromatic nitrogens is 2. The van der Waals surface area contributed by atoms with Gasteiger partial charge in [0.1, 0.15) is 0 Å². The molecular weight excluding hydrogens is 360 g/mol. The summed E-state index contributed by atoms with van der Waals surface area (Å²) in [6.45, 7) is 0.436. The molecule has 0 aliphatic heterocycles. The molecule has 4 aliphatic carbocycles. The van der Waals surface area contributed by atoms with Gasteiger partial charge in [-0.3, -0.25) is 14.0 Å².